The van der Waals surface area contributed by atoms with E-state index in [2.05, 4.69) is 17.1 Å². The summed E-state index contributed by atoms with van der Waals surface area (Å²) in [7, 11) is 0. The van der Waals surface area contributed by atoms with E-state index in [4.69, 9.17) is 9.47 Å². The van der Waals surface area contributed by atoms with Crippen LogP contribution in [-0.4, -0.2) is 22.8 Å². The van der Waals surface area contributed by atoms with E-state index in [9.17, 15) is 5.11 Å². The summed E-state index contributed by atoms with van der Waals surface area (Å²) in [5.74, 6) is 1.59. The number of pyridine rings is 1. The third-order valence-electron chi connectivity index (χ3n) is 4.96. The van der Waals surface area contributed by atoms with Crippen LogP contribution >= 0.6 is 0 Å². The van der Waals surface area contributed by atoms with Gasteiger partial charge >= 0.3 is 0 Å². The number of aromatic nitrogens is 1. The predicted molar refractivity (Wildman–Crippen MR) is 119 cm³/mol. The van der Waals surface area contributed by atoms with Crippen molar-refractivity contribution in [3.05, 3.63) is 102 Å². The minimum Gasteiger partial charge on any atom is -0.491 e. The first-order chi connectivity index (χ1) is 14.8. The molecule has 1 unspecified atom stereocenters. The van der Waals surface area contributed by atoms with Crippen LogP contribution in [0.25, 0.3) is 10.8 Å². The Labute approximate surface area is 176 Å². The van der Waals surface area contributed by atoms with Gasteiger partial charge in [0.25, 0.3) is 0 Å². The Morgan fingerprint density at radius 1 is 0.767 bits per heavy atom. The number of hydrogen-bond acceptors (Lipinski definition) is 4. The van der Waals surface area contributed by atoms with Crippen LogP contribution in [0, 0.1) is 0 Å². The summed E-state index contributed by atoms with van der Waals surface area (Å²) >= 11 is 0. The lowest BCUT2D eigenvalue weighted by Gasteiger charge is -2.13. The Hall–Kier alpha value is -3.37. The molecule has 3 aromatic carbocycles. The van der Waals surface area contributed by atoms with E-state index in [1.165, 1.54) is 0 Å². The standard InChI is InChI=1S/C26H25NO3/c28-24(11-8-20-7-4-14-27-17-20)19-30-26-13-10-22-15-25(12-9-23(22)16-26)29-18-21-5-2-1-3-6-21/h1-7,9-10,12-17,24,28H,8,11,18-19H2. The Bertz CT molecular complexity index is 1070. The highest BCUT2D eigenvalue weighted by molar-refractivity contribution is 5.85. The molecule has 0 aliphatic heterocycles. The molecule has 1 aromatic heterocycles. The molecular formula is C26H25NO3. The molecule has 4 aromatic rings. The van der Waals surface area contributed by atoms with Gasteiger partial charge in [-0.3, -0.25) is 4.98 Å². The third kappa shape index (κ3) is 5.58. The van der Waals surface area contributed by atoms with Gasteiger partial charge in [-0.15, -0.1) is 0 Å². The number of fused-ring (bicyclic) bond motifs is 1. The zero-order valence-corrected chi connectivity index (χ0v) is 16.8. The minimum atomic E-state index is -0.519. The summed E-state index contributed by atoms with van der Waals surface area (Å²) < 4.78 is 11.7. The summed E-state index contributed by atoms with van der Waals surface area (Å²) in [6, 6.07) is 26.0. The Kier molecular flexibility index (Phi) is 6.58. The van der Waals surface area contributed by atoms with Gasteiger partial charge in [0.05, 0.1) is 6.10 Å². The number of nitrogens with zero attached hydrogens (tertiary/aromatic N) is 1. The molecular weight excluding hydrogens is 374 g/mol. The predicted octanol–water partition coefficient (Wildman–Crippen LogP) is 5.19. The number of rotatable bonds is 9. The molecule has 0 saturated carbocycles. The van der Waals surface area contributed by atoms with Gasteiger partial charge in [-0.25, -0.2) is 0 Å². The molecule has 1 heterocycles. The SMILES string of the molecule is OC(CCc1cccnc1)COc1ccc2cc(OCc3ccccc3)ccc2c1. The normalized spacial score (nSPS) is 11.9. The lowest BCUT2D eigenvalue weighted by Crippen LogP contribution is -2.18. The van der Waals surface area contributed by atoms with E-state index in [1.807, 2.05) is 72.9 Å². The van der Waals surface area contributed by atoms with E-state index in [1.54, 1.807) is 6.20 Å². The van der Waals surface area contributed by atoms with Crippen molar-refractivity contribution in [2.45, 2.75) is 25.6 Å². The zero-order valence-electron chi connectivity index (χ0n) is 16.8. The van der Waals surface area contributed by atoms with Crippen LogP contribution < -0.4 is 9.47 Å². The smallest absolute Gasteiger partial charge is 0.120 e. The van der Waals surface area contributed by atoms with Crippen molar-refractivity contribution in [3.63, 3.8) is 0 Å². The lowest BCUT2D eigenvalue weighted by molar-refractivity contribution is 0.100. The number of aliphatic hydroxyl groups excluding tert-OH is 1. The van der Waals surface area contributed by atoms with Gasteiger partial charge in [0.1, 0.15) is 24.7 Å². The molecule has 4 heteroatoms. The summed E-state index contributed by atoms with van der Waals surface area (Å²) in [6.07, 6.45) is 4.48. The van der Waals surface area contributed by atoms with Crippen molar-refractivity contribution in [2.24, 2.45) is 0 Å². The van der Waals surface area contributed by atoms with Crippen molar-refractivity contribution >= 4 is 10.8 Å². The second kappa shape index (κ2) is 9.90. The van der Waals surface area contributed by atoms with Gasteiger partial charge in [-0.2, -0.15) is 0 Å². The maximum atomic E-state index is 10.2. The maximum absolute atomic E-state index is 10.2. The fraction of sp³-hybridized carbons (Fsp3) is 0.192. The first-order valence-corrected chi connectivity index (χ1v) is 10.2. The van der Waals surface area contributed by atoms with E-state index in [0.29, 0.717) is 13.0 Å². The molecule has 0 bridgehead atoms. The first-order valence-electron chi connectivity index (χ1n) is 10.2. The van der Waals surface area contributed by atoms with Crippen molar-refractivity contribution in [1.29, 1.82) is 0 Å². The second-order valence-electron chi connectivity index (χ2n) is 7.31. The second-order valence-corrected chi connectivity index (χ2v) is 7.31. The number of aliphatic hydroxyl groups is 1. The summed E-state index contributed by atoms with van der Waals surface area (Å²) in [4.78, 5) is 4.10. The van der Waals surface area contributed by atoms with Gasteiger partial charge in [-0.05, 0) is 65.1 Å². The van der Waals surface area contributed by atoms with Crippen LogP contribution in [0.4, 0.5) is 0 Å². The molecule has 0 amide bonds. The lowest BCUT2D eigenvalue weighted by atomic mass is 10.1. The van der Waals surface area contributed by atoms with Gasteiger partial charge in [0, 0.05) is 12.4 Å². The Balaban J connectivity index is 1.30. The number of hydrogen-bond donors (Lipinski definition) is 1. The highest BCUT2D eigenvalue weighted by Crippen LogP contribution is 2.25. The van der Waals surface area contributed by atoms with Crippen LogP contribution in [0.3, 0.4) is 0 Å². The van der Waals surface area contributed by atoms with Crippen LogP contribution in [-0.2, 0) is 13.0 Å². The van der Waals surface area contributed by atoms with E-state index in [-0.39, 0.29) is 6.61 Å². The van der Waals surface area contributed by atoms with Gasteiger partial charge < -0.3 is 14.6 Å². The van der Waals surface area contributed by atoms with Gasteiger partial charge in [0.15, 0.2) is 0 Å². The van der Waals surface area contributed by atoms with Crippen molar-refractivity contribution in [1.82, 2.24) is 4.98 Å². The number of benzene rings is 3. The third-order valence-corrected chi connectivity index (χ3v) is 4.96. The number of aryl methyl sites for hydroxylation is 1. The van der Waals surface area contributed by atoms with Crippen molar-refractivity contribution in [2.75, 3.05) is 6.61 Å². The van der Waals surface area contributed by atoms with Crippen molar-refractivity contribution in [3.8, 4) is 11.5 Å². The van der Waals surface area contributed by atoms with Gasteiger partial charge in [-0.1, -0.05) is 48.5 Å². The topological polar surface area (TPSA) is 51.6 Å². The van der Waals surface area contributed by atoms with Gasteiger partial charge in [0.2, 0.25) is 0 Å². The zero-order chi connectivity index (χ0) is 20.6. The van der Waals surface area contributed by atoms with Crippen LogP contribution in [0.15, 0.2) is 91.3 Å². The average Bonchev–Trinajstić information content (AvgIpc) is 2.81. The maximum Gasteiger partial charge on any atom is 0.120 e. The molecule has 0 fully saturated rings. The van der Waals surface area contributed by atoms with Crippen LogP contribution in [0.1, 0.15) is 17.5 Å². The molecule has 152 valence electrons. The summed E-state index contributed by atoms with van der Waals surface area (Å²) in [6.45, 7) is 0.814. The molecule has 30 heavy (non-hydrogen) atoms. The molecule has 4 nitrogen and oxygen atoms in total. The minimum absolute atomic E-state index is 0.268. The van der Waals surface area contributed by atoms with E-state index in [0.717, 1.165) is 39.8 Å². The Morgan fingerprint density at radius 2 is 1.47 bits per heavy atom. The molecule has 0 saturated heterocycles. The molecule has 0 aliphatic rings. The average molecular weight is 399 g/mol. The van der Waals surface area contributed by atoms with Crippen molar-refractivity contribution < 1.29 is 14.6 Å². The molecule has 0 radical (unpaired) electrons. The fourth-order valence-electron chi connectivity index (χ4n) is 3.28. The molecule has 1 atom stereocenters. The largest absolute Gasteiger partial charge is 0.491 e. The number of ether oxygens (including phenoxy) is 2. The first kappa shape index (κ1) is 19.9. The molecule has 0 spiro atoms. The van der Waals surface area contributed by atoms with E-state index < -0.39 is 6.10 Å². The highest BCUT2D eigenvalue weighted by Gasteiger charge is 2.07. The molecule has 0 aliphatic carbocycles. The van der Waals surface area contributed by atoms with Crippen LogP contribution in [0.5, 0.6) is 11.5 Å². The molecule has 4 rings (SSSR count). The fourth-order valence-corrected chi connectivity index (χ4v) is 3.28. The Morgan fingerprint density at radius 3 is 2.17 bits per heavy atom. The summed E-state index contributed by atoms with van der Waals surface area (Å²) in [5, 5.41) is 12.4. The monoisotopic (exact) mass is 399 g/mol. The van der Waals surface area contributed by atoms with Crippen LogP contribution in [0.2, 0.25) is 0 Å². The highest BCUT2D eigenvalue weighted by atomic mass is 16.5. The molecule has 1 N–H and O–H groups in total. The summed E-state index contributed by atoms with van der Waals surface area (Å²) in [5.41, 5.74) is 2.26. The van der Waals surface area contributed by atoms with E-state index >= 15 is 0 Å². The quantitative estimate of drug-likeness (QED) is 0.421.